The van der Waals surface area contributed by atoms with Gasteiger partial charge in [0, 0.05) is 39.4 Å². The van der Waals surface area contributed by atoms with Gasteiger partial charge >= 0.3 is 0 Å². The summed E-state index contributed by atoms with van der Waals surface area (Å²) >= 11 is 0. The van der Waals surface area contributed by atoms with Crippen molar-refractivity contribution in [1.29, 1.82) is 0 Å². The lowest BCUT2D eigenvalue weighted by molar-refractivity contribution is -0.247. The Hall–Kier alpha value is -2.51. The van der Waals surface area contributed by atoms with E-state index in [9.17, 15) is 9.90 Å². The third kappa shape index (κ3) is 2.89. The van der Waals surface area contributed by atoms with Gasteiger partial charge in [-0.15, -0.1) is 0 Å². The summed E-state index contributed by atoms with van der Waals surface area (Å²) in [5, 5.41) is 14.2. The van der Waals surface area contributed by atoms with Crippen LogP contribution in [-0.4, -0.2) is 50.2 Å². The number of H-pyrrole nitrogens is 1. The molecule has 2 N–H and O–H groups in total. The van der Waals surface area contributed by atoms with Crippen LogP contribution >= 0.6 is 0 Å². The number of aliphatic hydroxyl groups is 1. The maximum Gasteiger partial charge on any atom is 0.195 e. The third-order valence-corrected chi connectivity index (χ3v) is 13.0. The normalized spacial score (nSPS) is 42.3. The number of benzene rings is 1. The summed E-state index contributed by atoms with van der Waals surface area (Å²) in [4.78, 5) is 17.3. The maximum absolute atomic E-state index is 13.3. The highest BCUT2D eigenvalue weighted by Gasteiger charge is 2.75. The zero-order valence-corrected chi connectivity index (χ0v) is 26.7. The van der Waals surface area contributed by atoms with E-state index in [1.165, 1.54) is 38.9 Å². The van der Waals surface area contributed by atoms with Crippen molar-refractivity contribution in [2.24, 2.45) is 11.3 Å². The summed E-state index contributed by atoms with van der Waals surface area (Å²) in [5.41, 5.74) is 6.04. The molecule has 1 spiro atoms. The molecule has 0 amide bonds. The second-order valence-corrected chi connectivity index (χ2v) is 16.5. The number of fused-ring (bicyclic) bond motifs is 12. The first kappa shape index (κ1) is 26.9. The Morgan fingerprint density at radius 2 is 1.72 bits per heavy atom. The average molecular weight is 582 g/mol. The Bertz CT molecular complexity index is 1800. The van der Waals surface area contributed by atoms with Gasteiger partial charge in [0.25, 0.3) is 0 Å². The van der Waals surface area contributed by atoms with Crippen molar-refractivity contribution in [2.45, 2.75) is 127 Å². The van der Waals surface area contributed by atoms with Gasteiger partial charge in [-0.05, 0) is 131 Å². The van der Waals surface area contributed by atoms with E-state index in [4.69, 9.17) is 14.2 Å². The Kier molecular flexibility index (Phi) is 4.56. The number of hydrogen-bond donors (Lipinski definition) is 2. The fourth-order valence-corrected chi connectivity index (χ4v) is 11.0. The minimum atomic E-state index is -1.21. The van der Waals surface area contributed by atoms with E-state index >= 15 is 0 Å². The summed E-state index contributed by atoms with van der Waals surface area (Å²) in [7, 11) is 0. The van der Waals surface area contributed by atoms with Crippen molar-refractivity contribution in [3.63, 3.8) is 0 Å². The van der Waals surface area contributed by atoms with E-state index in [1.807, 2.05) is 13.8 Å². The number of hydrogen-bond acceptors (Lipinski definition) is 5. The predicted octanol–water partition coefficient (Wildman–Crippen LogP) is 6.69. The first-order valence-corrected chi connectivity index (χ1v) is 16.2. The number of carbonyl (C=O) groups excluding carboxylic acids is 1. The molecule has 9 rings (SSSR count). The van der Waals surface area contributed by atoms with E-state index in [2.05, 4.69) is 70.8 Å². The molecule has 43 heavy (non-hydrogen) atoms. The molecule has 0 unspecified atom stereocenters. The van der Waals surface area contributed by atoms with Gasteiger partial charge in [-0.3, -0.25) is 4.79 Å². The van der Waals surface area contributed by atoms with Crippen LogP contribution in [0.5, 0.6) is 0 Å². The number of nitrogens with one attached hydrogen (secondary N) is 1. The molecule has 226 valence electrons. The van der Waals surface area contributed by atoms with Crippen LogP contribution in [0.2, 0.25) is 0 Å². The molecule has 1 aromatic heterocycles. The molecule has 3 fully saturated rings. The molecule has 1 saturated heterocycles. The minimum Gasteiger partial charge on any atom is -0.385 e. The lowest BCUT2D eigenvalue weighted by Crippen LogP contribution is -2.69. The van der Waals surface area contributed by atoms with Crippen molar-refractivity contribution in [3.8, 4) is 0 Å². The van der Waals surface area contributed by atoms with Crippen LogP contribution in [0.3, 0.4) is 0 Å². The van der Waals surface area contributed by atoms with E-state index in [0.717, 1.165) is 24.8 Å². The molecular formula is C37H43NO5. The molecular weight excluding hydrogens is 538 g/mol. The van der Waals surface area contributed by atoms with Crippen LogP contribution in [0.4, 0.5) is 0 Å². The van der Waals surface area contributed by atoms with Gasteiger partial charge in [-0.25, -0.2) is 0 Å². The minimum absolute atomic E-state index is 0.0912. The van der Waals surface area contributed by atoms with Crippen LogP contribution in [0, 0.1) is 11.3 Å². The van der Waals surface area contributed by atoms with E-state index in [0.29, 0.717) is 24.3 Å². The van der Waals surface area contributed by atoms with Crippen molar-refractivity contribution in [2.75, 3.05) is 0 Å². The molecule has 6 atom stereocenters. The lowest BCUT2D eigenvalue weighted by Gasteiger charge is -2.65. The first-order chi connectivity index (χ1) is 19.9. The molecule has 4 aliphatic carbocycles. The highest BCUT2D eigenvalue weighted by molar-refractivity contribution is 6.02. The van der Waals surface area contributed by atoms with Crippen LogP contribution in [-0.2, 0) is 30.8 Å². The number of aromatic nitrogens is 1. The van der Waals surface area contributed by atoms with Gasteiger partial charge in [-0.2, -0.15) is 0 Å². The summed E-state index contributed by atoms with van der Waals surface area (Å²) in [6.07, 6.45) is 9.52. The van der Waals surface area contributed by atoms with Gasteiger partial charge < -0.3 is 24.3 Å². The van der Waals surface area contributed by atoms with Gasteiger partial charge in [-0.1, -0.05) is 13.8 Å². The molecule has 1 aromatic carbocycles. The molecule has 3 aliphatic heterocycles. The molecule has 4 heterocycles. The Morgan fingerprint density at radius 3 is 2.49 bits per heavy atom. The topological polar surface area (TPSA) is 80.8 Å². The molecule has 7 aliphatic rings. The maximum atomic E-state index is 13.3. The van der Waals surface area contributed by atoms with Crippen LogP contribution in [0.25, 0.3) is 22.6 Å². The summed E-state index contributed by atoms with van der Waals surface area (Å²) < 4.78 is 19.5. The highest BCUT2D eigenvalue weighted by atomic mass is 16.8. The number of rotatable bonds is 0. The Balaban J connectivity index is 1.19. The molecule has 6 nitrogen and oxygen atoms in total. The number of aromatic amines is 1. The van der Waals surface area contributed by atoms with Crippen LogP contribution in [0.1, 0.15) is 103 Å². The number of ether oxygens (including phenoxy) is 3. The van der Waals surface area contributed by atoms with Crippen LogP contribution < -0.4 is 0 Å². The van der Waals surface area contributed by atoms with Crippen molar-refractivity contribution in [1.82, 2.24) is 4.98 Å². The van der Waals surface area contributed by atoms with Crippen molar-refractivity contribution >= 4 is 28.3 Å². The SMILES string of the molecule is CC1(C)C=C2C(=Cc3cc4c5c([nH]c4cc32)[C@@]2(C)[C@@H](CC[C@@]3(O)C4=CC(=O)[C@@H]6O[C@@]4(CC[C@@]32C)OC6(C)C)C5)C(C)(C)O1. The van der Waals surface area contributed by atoms with Gasteiger partial charge in [0.15, 0.2) is 17.7 Å². The number of carbonyl (C=O) groups is 1. The lowest BCUT2D eigenvalue weighted by atomic mass is 9.42. The standard InChI is InChI=1S/C37H43NO5/c1-31(2)18-24-21-16-26-22(13-19(21)14-25(24)32(3,4)42-31)23-15-20-9-10-36(40)28-17-27(39)30-33(5,6)43-37(28,41-30)12-11-34(36,7)35(20,8)29(23)38-26/h13-14,16-18,20,30,38,40H,9-12,15H2,1-8H3/t20-,30-,34+,35+,36+,37-/m0/s1. The van der Waals surface area contributed by atoms with Gasteiger partial charge in [0.2, 0.25) is 0 Å². The predicted molar refractivity (Wildman–Crippen MR) is 165 cm³/mol. The monoisotopic (exact) mass is 581 g/mol. The Labute approximate surface area is 253 Å². The summed E-state index contributed by atoms with van der Waals surface area (Å²) in [6.45, 7) is 17.1. The highest BCUT2D eigenvalue weighted by Crippen LogP contribution is 2.72. The molecule has 2 saturated carbocycles. The van der Waals surface area contributed by atoms with Crippen molar-refractivity contribution < 1.29 is 24.1 Å². The fourth-order valence-electron chi connectivity index (χ4n) is 11.0. The van der Waals surface area contributed by atoms with Gasteiger partial charge in [0.1, 0.15) is 5.60 Å². The number of ketones is 1. The zero-order chi connectivity index (χ0) is 30.3. The molecule has 2 bridgehead atoms. The average Bonchev–Trinajstić information content (AvgIpc) is 3.58. The van der Waals surface area contributed by atoms with Gasteiger partial charge in [0.05, 0.1) is 16.8 Å². The largest absolute Gasteiger partial charge is 0.385 e. The molecule has 2 aromatic rings. The second kappa shape index (κ2) is 7.31. The van der Waals surface area contributed by atoms with E-state index in [1.54, 1.807) is 6.08 Å². The van der Waals surface area contributed by atoms with Crippen LogP contribution in [0.15, 0.2) is 35.4 Å². The van der Waals surface area contributed by atoms with Crippen molar-refractivity contribution in [3.05, 3.63) is 57.8 Å². The van der Waals surface area contributed by atoms with E-state index < -0.39 is 28.5 Å². The van der Waals surface area contributed by atoms with E-state index in [-0.39, 0.29) is 22.4 Å². The molecule has 6 heteroatoms. The summed E-state index contributed by atoms with van der Waals surface area (Å²) in [6, 6.07) is 4.72. The second-order valence-electron chi connectivity index (χ2n) is 16.5. The smallest absolute Gasteiger partial charge is 0.195 e. The first-order valence-electron chi connectivity index (χ1n) is 16.2. The third-order valence-electron chi connectivity index (χ3n) is 13.0. The Morgan fingerprint density at radius 1 is 0.953 bits per heavy atom. The quantitative estimate of drug-likeness (QED) is 0.362. The molecule has 0 radical (unpaired) electrons. The zero-order valence-electron chi connectivity index (χ0n) is 26.7. The fraction of sp³-hybridized carbons (Fsp3) is 0.595. The summed E-state index contributed by atoms with van der Waals surface area (Å²) in [5.74, 6) is -0.714.